The zero-order valence-corrected chi connectivity index (χ0v) is 10.8. The van der Waals surface area contributed by atoms with Crippen LogP contribution in [0.5, 0.6) is 0 Å². The summed E-state index contributed by atoms with van der Waals surface area (Å²) in [5.41, 5.74) is 1.84. The molecule has 0 heterocycles. The lowest BCUT2D eigenvalue weighted by Crippen LogP contribution is -2.03. The predicted molar refractivity (Wildman–Crippen MR) is 72.8 cm³/mol. The van der Waals surface area contributed by atoms with Gasteiger partial charge in [0.15, 0.2) is 0 Å². The standard InChI is InChI=1S/C14H11ClFNO2/c1-8-2-4-12(10(6-8)14(18)19)17-13-5-3-9(16)7-11(13)15/h2-7,17H,1H3,(H,18,19). The van der Waals surface area contributed by atoms with E-state index in [2.05, 4.69) is 5.32 Å². The number of carbonyl (C=O) groups is 1. The molecule has 0 aromatic heterocycles. The van der Waals surface area contributed by atoms with Crippen LogP contribution >= 0.6 is 11.6 Å². The Bertz CT molecular complexity index is 643. The van der Waals surface area contributed by atoms with Crippen molar-refractivity contribution in [3.05, 3.63) is 58.4 Å². The van der Waals surface area contributed by atoms with Gasteiger partial charge in [-0.3, -0.25) is 0 Å². The molecule has 2 N–H and O–H groups in total. The summed E-state index contributed by atoms with van der Waals surface area (Å²) in [5, 5.41) is 12.2. The molecule has 3 nitrogen and oxygen atoms in total. The quantitative estimate of drug-likeness (QED) is 0.884. The van der Waals surface area contributed by atoms with Crippen molar-refractivity contribution in [3.8, 4) is 0 Å². The number of anilines is 2. The van der Waals surface area contributed by atoms with Crippen molar-refractivity contribution in [1.29, 1.82) is 0 Å². The normalized spacial score (nSPS) is 10.3. The summed E-state index contributed by atoms with van der Waals surface area (Å²) in [6.07, 6.45) is 0. The van der Waals surface area contributed by atoms with Gasteiger partial charge in [-0.25, -0.2) is 9.18 Å². The van der Waals surface area contributed by atoms with Crippen LogP contribution in [-0.2, 0) is 0 Å². The third kappa shape index (κ3) is 3.03. The molecule has 0 aliphatic heterocycles. The van der Waals surface area contributed by atoms with Crippen molar-refractivity contribution >= 4 is 28.9 Å². The van der Waals surface area contributed by atoms with Gasteiger partial charge >= 0.3 is 5.97 Å². The van der Waals surface area contributed by atoms with E-state index in [0.29, 0.717) is 11.4 Å². The first-order valence-corrected chi connectivity index (χ1v) is 5.91. The van der Waals surface area contributed by atoms with Crippen molar-refractivity contribution in [2.24, 2.45) is 0 Å². The lowest BCUT2D eigenvalue weighted by molar-refractivity contribution is 0.0698. The highest BCUT2D eigenvalue weighted by atomic mass is 35.5. The molecule has 0 spiro atoms. The second-order valence-corrected chi connectivity index (χ2v) is 4.51. The lowest BCUT2D eigenvalue weighted by atomic mass is 10.1. The number of aryl methyl sites for hydroxylation is 1. The zero-order chi connectivity index (χ0) is 14.0. The van der Waals surface area contributed by atoms with Crippen molar-refractivity contribution in [3.63, 3.8) is 0 Å². The van der Waals surface area contributed by atoms with Crippen LogP contribution in [-0.4, -0.2) is 11.1 Å². The van der Waals surface area contributed by atoms with E-state index in [4.69, 9.17) is 16.7 Å². The van der Waals surface area contributed by atoms with Crippen LogP contribution < -0.4 is 5.32 Å². The smallest absolute Gasteiger partial charge is 0.337 e. The summed E-state index contributed by atoms with van der Waals surface area (Å²) in [6.45, 7) is 1.81. The maximum absolute atomic E-state index is 12.9. The first kappa shape index (κ1) is 13.4. The number of benzene rings is 2. The third-order valence-corrected chi connectivity index (χ3v) is 2.92. The number of aromatic carboxylic acids is 1. The minimum Gasteiger partial charge on any atom is -0.478 e. The van der Waals surface area contributed by atoms with Gasteiger partial charge in [-0.05, 0) is 37.3 Å². The van der Waals surface area contributed by atoms with Gasteiger partial charge in [-0.1, -0.05) is 23.2 Å². The summed E-state index contributed by atoms with van der Waals surface area (Å²) in [4.78, 5) is 11.2. The fourth-order valence-corrected chi connectivity index (χ4v) is 1.89. The minimum atomic E-state index is -1.04. The van der Waals surface area contributed by atoms with E-state index in [1.165, 1.54) is 18.2 Å². The van der Waals surface area contributed by atoms with E-state index >= 15 is 0 Å². The number of carboxylic acids is 1. The highest BCUT2D eigenvalue weighted by Gasteiger charge is 2.11. The van der Waals surface area contributed by atoms with Gasteiger partial charge in [0.1, 0.15) is 5.82 Å². The van der Waals surface area contributed by atoms with Gasteiger partial charge in [-0.15, -0.1) is 0 Å². The molecule has 2 aromatic carbocycles. The predicted octanol–water partition coefficient (Wildman–Crippen LogP) is 4.23. The Balaban J connectivity index is 2.40. The van der Waals surface area contributed by atoms with Crippen LogP contribution in [0, 0.1) is 12.7 Å². The van der Waals surface area contributed by atoms with E-state index in [-0.39, 0.29) is 10.6 Å². The van der Waals surface area contributed by atoms with Crippen LogP contribution in [0.2, 0.25) is 5.02 Å². The Morgan fingerprint density at radius 3 is 2.53 bits per heavy atom. The number of carboxylic acid groups (broad SMARTS) is 1. The molecular weight excluding hydrogens is 269 g/mol. The molecule has 19 heavy (non-hydrogen) atoms. The number of nitrogens with one attached hydrogen (secondary N) is 1. The summed E-state index contributed by atoms with van der Waals surface area (Å²) in [7, 11) is 0. The molecule has 0 amide bonds. The van der Waals surface area contributed by atoms with Crippen molar-refractivity contribution in [1.82, 2.24) is 0 Å². The molecule has 0 aliphatic carbocycles. The van der Waals surface area contributed by atoms with Crippen molar-refractivity contribution in [2.75, 3.05) is 5.32 Å². The third-order valence-electron chi connectivity index (χ3n) is 2.61. The number of hydrogen-bond acceptors (Lipinski definition) is 2. The van der Waals surface area contributed by atoms with Gasteiger partial charge in [-0.2, -0.15) is 0 Å². The summed E-state index contributed by atoms with van der Waals surface area (Å²) in [5.74, 6) is -1.48. The molecule has 0 aliphatic rings. The zero-order valence-electron chi connectivity index (χ0n) is 10.1. The summed E-state index contributed by atoms with van der Waals surface area (Å²) >= 11 is 5.89. The largest absolute Gasteiger partial charge is 0.478 e. The molecule has 0 bridgehead atoms. The topological polar surface area (TPSA) is 49.3 Å². The van der Waals surface area contributed by atoms with E-state index < -0.39 is 11.8 Å². The van der Waals surface area contributed by atoms with Gasteiger partial charge in [0.2, 0.25) is 0 Å². The van der Waals surface area contributed by atoms with Crippen molar-refractivity contribution in [2.45, 2.75) is 6.92 Å². The number of rotatable bonds is 3. The monoisotopic (exact) mass is 279 g/mol. The average Bonchev–Trinajstić information content (AvgIpc) is 2.34. The van der Waals surface area contributed by atoms with Gasteiger partial charge in [0.05, 0.1) is 22.0 Å². The molecule has 2 rings (SSSR count). The fraction of sp³-hybridized carbons (Fsp3) is 0.0714. The second-order valence-electron chi connectivity index (χ2n) is 4.10. The Morgan fingerprint density at radius 2 is 1.89 bits per heavy atom. The van der Waals surface area contributed by atoms with Crippen molar-refractivity contribution < 1.29 is 14.3 Å². The van der Waals surface area contributed by atoms with E-state index in [1.54, 1.807) is 25.1 Å². The molecule has 0 atom stereocenters. The average molecular weight is 280 g/mol. The molecule has 0 unspecified atom stereocenters. The highest BCUT2D eigenvalue weighted by molar-refractivity contribution is 6.33. The van der Waals surface area contributed by atoms with Crippen LogP contribution in [0.3, 0.4) is 0 Å². The van der Waals surface area contributed by atoms with Crippen LogP contribution in [0.25, 0.3) is 0 Å². The van der Waals surface area contributed by atoms with Gasteiger partial charge < -0.3 is 10.4 Å². The maximum atomic E-state index is 12.9. The van der Waals surface area contributed by atoms with Crippen LogP contribution in [0.15, 0.2) is 36.4 Å². The van der Waals surface area contributed by atoms with Crippen LogP contribution in [0.4, 0.5) is 15.8 Å². The molecule has 2 aromatic rings. The molecule has 0 radical (unpaired) electrons. The van der Waals surface area contributed by atoms with Gasteiger partial charge in [0.25, 0.3) is 0 Å². The Morgan fingerprint density at radius 1 is 1.21 bits per heavy atom. The molecule has 0 saturated heterocycles. The molecule has 5 heteroatoms. The van der Waals surface area contributed by atoms with E-state index in [1.807, 2.05) is 0 Å². The molecule has 98 valence electrons. The Kier molecular flexibility index (Phi) is 3.71. The second kappa shape index (κ2) is 5.28. The lowest BCUT2D eigenvalue weighted by Gasteiger charge is -2.11. The highest BCUT2D eigenvalue weighted by Crippen LogP contribution is 2.28. The van der Waals surface area contributed by atoms with Gasteiger partial charge in [0, 0.05) is 0 Å². The number of hydrogen-bond donors (Lipinski definition) is 2. The number of halogens is 2. The van der Waals surface area contributed by atoms with E-state index in [0.717, 1.165) is 5.56 Å². The Hall–Kier alpha value is -2.07. The summed E-state index contributed by atoms with van der Waals surface area (Å²) in [6, 6.07) is 8.87. The SMILES string of the molecule is Cc1ccc(Nc2ccc(F)cc2Cl)c(C(=O)O)c1. The molecule has 0 saturated carbocycles. The Labute approximate surface area is 114 Å². The fourth-order valence-electron chi connectivity index (χ4n) is 1.68. The molecular formula is C14H11ClFNO2. The van der Waals surface area contributed by atoms with E-state index in [9.17, 15) is 9.18 Å². The maximum Gasteiger partial charge on any atom is 0.337 e. The molecule has 0 fully saturated rings. The summed E-state index contributed by atoms with van der Waals surface area (Å²) < 4.78 is 12.9. The first-order valence-electron chi connectivity index (χ1n) is 5.53. The first-order chi connectivity index (χ1) is 8.97. The minimum absolute atomic E-state index is 0.139. The van der Waals surface area contributed by atoms with Crippen LogP contribution in [0.1, 0.15) is 15.9 Å².